The van der Waals surface area contributed by atoms with E-state index in [1.807, 2.05) is 21.7 Å². The molecule has 0 bridgehead atoms. The third kappa shape index (κ3) is 3.13. The zero-order valence-corrected chi connectivity index (χ0v) is 12.4. The molecule has 1 saturated heterocycles. The van der Waals surface area contributed by atoms with Crippen molar-refractivity contribution in [1.82, 2.24) is 15.1 Å². The standard InChI is InChI=1S/C14H15N3O3S/c1-19-12-2-3-13(16-15-12)20-11-4-6-17(8-11)14(18)10-5-7-21-9-10/h2-3,5,7,9,11H,4,6,8H2,1H3/t11-/m1/s1. The van der Waals surface area contributed by atoms with Crippen LogP contribution in [0, 0.1) is 0 Å². The fraction of sp³-hybridized carbons (Fsp3) is 0.357. The maximum Gasteiger partial charge on any atom is 0.254 e. The number of hydrogen-bond acceptors (Lipinski definition) is 6. The first-order chi connectivity index (χ1) is 10.3. The van der Waals surface area contributed by atoms with Gasteiger partial charge < -0.3 is 14.4 Å². The summed E-state index contributed by atoms with van der Waals surface area (Å²) in [5.41, 5.74) is 0.741. The molecule has 7 heteroatoms. The summed E-state index contributed by atoms with van der Waals surface area (Å²) in [5.74, 6) is 0.955. The molecule has 0 unspecified atom stereocenters. The molecule has 1 amide bonds. The van der Waals surface area contributed by atoms with Gasteiger partial charge in [0.05, 0.1) is 19.2 Å². The molecule has 3 heterocycles. The molecule has 0 radical (unpaired) electrons. The number of hydrogen-bond donors (Lipinski definition) is 0. The van der Waals surface area contributed by atoms with Gasteiger partial charge in [0.25, 0.3) is 5.91 Å². The smallest absolute Gasteiger partial charge is 0.254 e. The second-order valence-corrected chi connectivity index (χ2v) is 5.49. The van der Waals surface area contributed by atoms with Gasteiger partial charge in [-0.05, 0) is 11.4 Å². The number of amides is 1. The lowest BCUT2D eigenvalue weighted by atomic mass is 10.3. The van der Waals surface area contributed by atoms with Crippen LogP contribution in [0.25, 0.3) is 0 Å². The molecule has 0 aromatic carbocycles. The zero-order chi connectivity index (χ0) is 14.7. The second-order valence-electron chi connectivity index (χ2n) is 4.71. The fourth-order valence-corrected chi connectivity index (χ4v) is 2.86. The van der Waals surface area contributed by atoms with Gasteiger partial charge in [-0.2, -0.15) is 11.3 Å². The lowest BCUT2D eigenvalue weighted by molar-refractivity contribution is 0.0771. The van der Waals surface area contributed by atoms with Crippen LogP contribution >= 0.6 is 11.3 Å². The molecular formula is C14H15N3O3S. The molecule has 1 aliphatic heterocycles. The van der Waals surface area contributed by atoms with Crippen molar-refractivity contribution < 1.29 is 14.3 Å². The largest absolute Gasteiger partial charge is 0.480 e. The van der Waals surface area contributed by atoms with E-state index < -0.39 is 0 Å². The Hall–Kier alpha value is -2.15. The summed E-state index contributed by atoms with van der Waals surface area (Å²) in [5, 5.41) is 11.6. The Kier molecular flexibility index (Phi) is 4.01. The predicted octanol–water partition coefficient (Wildman–Crippen LogP) is 1.84. The van der Waals surface area contributed by atoms with E-state index in [2.05, 4.69) is 10.2 Å². The van der Waals surface area contributed by atoms with E-state index >= 15 is 0 Å². The summed E-state index contributed by atoms with van der Waals surface area (Å²) in [6.07, 6.45) is 0.749. The quantitative estimate of drug-likeness (QED) is 0.862. The first-order valence-electron chi connectivity index (χ1n) is 6.62. The second kappa shape index (κ2) is 6.09. The van der Waals surface area contributed by atoms with Crippen molar-refractivity contribution in [3.63, 3.8) is 0 Å². The van der Waals surface area contributed by atoms with Gasteiger partial charge in [0, 0.05) is 30.5 Å². The van der Waals surface area contributed by atoms with Crippen LogP contribution in [-0.2, 0) is 0 Å². The highest BCUT2D eigenvalue weighted by Crippen LogP contribution is 2.19. The Morgan fingerprint density at radius 2 is 2.14 bits per heavy atom. The molecule has 1 fully saturated rings. The summed E-state index contributed by atoms with van der Waals surface area (Å²) < 4.78 is 10.7. The van der Waals surface area contributed by atoms with Crippen LogP contribution in [0.3, 0.4) is 0 Å². The van der Waals surface area contributed by atoms with E-state index in [-0.39, 0.29) is 12.0 Å². The third-order valence-corrected chi connectivity index (χ3v) is 4.00. The average Bonchev–Trinajstić information content (AvgIpc) is 3.19. The molecule has 0 aliphatic carbocycles. The Labute approximate surface area is 126 Å². The van der Waals surface area contributed by atoms with Gasteiger partial charge in [0.1, 0.15) is 6.10 Å². The number of thiophene rings is 1. The topological polar surface area (TPSA) is 64.6 Å². The Bertz CT molecular complexity index is 600. The molecule has 21 heavy (non-hydrogen) atoms. The summed E-state index contributed by atoms with van der Waals surface area (Å²) >= 11 is 1.52. The van der Waals surface area contributed by atoms with Crippen molar-refractivity contribution in [1.29, 1.82) is 0 Å². The van der Waals surface area contributed by atoms with Crippen molar-refractivity contribution in [2.75, 3.05) is 20.2 Å². The van der Waals surface area contributed by atoms with Gasteiger partial charge in [0.2, 0.25) is 11.8 Å². The molecule has 6 nitrogen and oxygen atoms in total. The Morgan fingerprint density at radius 1 is 1.33 bits per heavy atom. The van der Waals surface area contributed by atoms with Crippen LogP contribution in [0.1, 0.15) is 16.8 Å². The summed E-state index contributed by atoms with van der Waals surface area (Å²) in [6.45, 7) is 1.27. The van der Waals surface area contributed by atoms with Crippen LogP contribution in [0.5, 0.6) is 11.8 Å². The van der Waals surface area contributed by atoms with Crippen LogP contribution in [0.15, 0.2) is 29.0 Å². The molecule has 0 spiro atoms. The van der Waals surface area contributed by atoms with Gasteiger partial charge in [-0.25, -0.2) is 0 Å². The van der Waals surface area contributed by atoms with E-state index in [4.69, 9.17) is 9.47 Å². The number of carbonyl (C=O) groups excluding carboxylic acids is 1. The van der Waals surface area contributed by atoms with Gasteiger partial charge in [-0.3, -0.25) is 4.79 Å². The molecule has 3 rings (SSSR count). The maximum absolute atomic E-state index is 12.2. The highest BCUT2D eigenvalue weighted by atomic mass is 32.1. The number of likely N-dealkylation sites (tertiary alicyclic amines) is 1. The molecule has 1 atom stereocenters. The van der Waals surface area contributed by atoms with E-state index in [9.17, 15) is 4.79 Å². The number of nitrogens with zero attached hydrogens (tertiary/aromatic N) is 3. The minimum Gasteiger partial charge on any atom is -0.480 e. The van der Waals surface area contributed by atoms with E-state index in [1.165, 1.54) is 18.4 Å². The number of methoxy groups -OCH3 is 1. The third-order valence-electron chi connectivity index (χ3n) is 3.31. The number of ether oxygens (including phenoxy) is 2. The van der Waals surface area contributed by atoms with E-state index in [0.717, 1.165) is 12.0 Å². The van der Waals surface area contributed by atoms with Crippen molar-refractivity contribution in [2.24, 2.45) is 0 Å². The van der Waals surface area contributed by atoms with Gasteiger partial charge in [0.15, 0.2) is 0 Å². The van der Waals surface area contributed by atoms with Gasteiger partial charge in [-0.15, -0.1) is 10.2 Å². The molecule has 2 aromatic heterocycles. The van der Waals surface area contributed by atoms with Crippen molar-refractivity contribution in [3.8, 4) is 11.8 Å². The molecule has 0 saturated carbocycles. The molecular weight excluding hydrogens is 290 g/mol. The average molecular weight is 305 g/mol. The lowest BCUT2D eigenvalue weighted by Crippen LogP contribution is -2.30. The monoisotopic (exact) mass is 305 g/mol. The first kappa shape index (κ1) is 13.8. The van der Waals surface area contributed by atoms with E-state index in [1.54, 1.807) is 12.1 Å². The zero-order valence-electron chi connectivity index (χ0n) is 11.6. The van der Waals surface area contributed by atoms with Crippen molar-refractivity contribution >= 4 is 17.2 Å². The molecule has 0 N–H and O–H groups in total. The Balaban J connectivity index is 1.58. The highest BCUT2D eigenvalue weighted by molar-refractivity contribution is 7.08. The lowest BCUT2D eigenvalue weighted by Gasteiger charge is -2.16. The Morgan fingerprint density at radius 3 is 2.81 bits per heavy atom. The number of aromatic nitrogens is 2. The minimum atomic E-state index is -0.0460. The van der Waals surface area contributed by atoms with Crippen molar-refractivity contribution in [2.45, 2.75) is 12.5 Å². The van der Waals surface area contributed by atoms with Crippen LogP contribution < -0.4 is 9.47 Å². The fourth-order valence-electron chi connectivity index (χ4n) is 2.23. The van der Waals surface area contributed by atoms with Crippen LogP contribution in [0.2, 0.25) is 0 Å². The van der Waals surface area contributed by atoms with Crippen molar-refractivity contribution in [3.05, 3.63) is 34.5 Å². The van der Waals surface area contributed by atoms with Crippen LogP contribution in [0.4, 0.5) is 0 Å². The first-order valence-corrected chi connectivity index (χ1v) is 7.56. The molecule has 1 aliphatic rings. The highest BCUT2D eigenvalue weighted by Gasteiger charge is 2.28. The SMILES string of the molecule is COc1ccc(O[C@@H]2CCN(C(=O)c3ccsc3)C2)nn1. The van der Waals surface area contributed by atoms with Gasteiger partial charge >= 0.3 is 0 Å². The summed E-state index contributed by atoms with van der Waals surface area (Å²) in [7, 11) is 1.54. The summed E-state index contributed by atoms with van der Waals surface area (Å²) in [4.78, 5) is 14.0. The minimum absolute atomic E-state index is 0.0460. The summed E-state index contributed by atoms with van der Waals surface area (Å²) in [6, 6.07) is 5.26. The molecule has 110 valence electrons. The molecule has 2 aromatic rings. The number of rotatable bonds is 4. The van der Waals surface area contributed by atoms with E-state index in [0.29, 0.717) is 24.8 Å². The van der Waals surface area contributed by atoms with Crippen LogP contribution in [-0.4, -0.2) is 47.3 Å². The van der Waals surface area contributed by atoms with Gasteiger partial charge in [-0.1, -0.05) is 0 Å². The normalized spacial score (nSPS) is 17.8. The predicted molar refractivity (Wildman–Crippen MR) is 77.8 cm³/mol. The number of carbonyl (C=O) groups is 1. The maximum atomic E-state index is 12.2.